The first-order valence-electron chi connectivity index (χ1n) is 3.87. The van der Waals surface area contributed by atoms with Crippen molar-refractivity contribution in [3.63, 3.8) is 0 Å². The third kappa shape index (κ3) is 5.98. The number of nitrogens with zero attached hydrogens (tertiary/aromatic N) is 2. The fourth-order valence-corrected chi connectivity index (χ4v) is 3.03. The monoisotopic (exact) mass is 338 g/mol. The second-order valence-electron chi connectivity index (χ2n) is 3.10. The van der Waals surface area contributed by atoms with Crippen molar-refractivity contribution in [3.8, 4) is 0 Å². The van der Waals surface area contributed by atoms with Crippen LogP contribution < -0.4 is 0 Å². The Bertz CT molecular complexity index is 434. The molecule has 0 unspecified atom stereocenters. The molecular weight excluding hydrogens is 324 g/mol. The molecule has 0 bridgehead atoms. The van der Waals surface area contributed by atoms with Gasteiger partial charge in [0.2, 0.25) is 0 Å². The van der Waals surface area contributed by atoms with Crippen molar-refractivity contribution in [1.82, 2.24) is 9.55 Å². The Balaban J connectivity index is -0.000000853. The summed E-state index contributed by atoms with van der Waals surface area (Å²) in [6, 6.07) is 0. The van der Waals surface area contributed by atoms with Gasteiger partial charge in [0.15, 0.2) is 0 Å². The number of rotatable bonds is 4. The molecule has 0 aliphatic carbocycles. The molecule has 7 N–H and O–H groups in total. The summed E-state index contributed by atoms with van der Waals surface area (Å²) in [6.07, 6.45) is 3.51. The van der Waals surface area contributed by atoms with Crippen LogP contribution in [0.4, 0.5) is 0 Å². The van der Waals surface area contributed by atoms with Crippen LogP contribution >= 0.6 is 15.2 Å². The summed E-state index contributed by atoms with van der Waals surface area (Å²) in [5, 5.41) is 6.04. The fraction of sp³-hybridized carbons (Fsp3) is 0.400. The van der Waals surface area contributed by atoms with Gasteiger partial charge in [0.05, 0.1) is 12.9 Å². The molecule has 1 rings (SSSR count). The first-order chi connectivity index (χ1) is 7.08. The van der Waals surface area contributed by atoms with Crippen molar-refractivity contribution >= 4 is 74.3 Å². The summed E-state index contributed by atoms with van der Waals surface area (Å²) in [7, 11) is -10.8. The Labute approximate surface area is 152 Å². The van der Waals surface area contributed by atoms with Crippen molar-refractivity contribution in [1.29, 1.82) is 0 Å². The first kappa shape index (κ1) is 25.4. The summed E-state index contributed by atoms with van der Waals surface area (Å²) < 4.78 is 22.8. The molecule has 1 aromatic heterocycles. The molecule has 0 fully saturated rings. The van der Waals surface area contributed by atoms with E-state index in [1.54, 1.807) is 0 Å². The van der Waals surface area contributed by atoms with Crippen LogP contribution in [0.3, 0.4) is 0 Å². The van der Waals surface area contributed by atoms with Gasteiger partial charge in [0.1, 0.15) is 0 Å². The molecule has 0 aromatic carbocycles. The van der Waals surface area contributed by atoms with Gasteiger partial charge in [-0.1, -0.05) is 0 Å². The van der Waals surface area contributed by atoms with E-state index in [-0.39, 0.29) is 64.6 Å². The molecule has 0 saturated heterocycles. The topological polar surface area (TPSA) is 185 Å². The average Bonchev–Trinajstić information content (AvgIpc) is 2.52. The standard InChI is InChI=1S/C5H10N2O7P2.2Na.H2O.2H/c8-5(15(9,10)11,16(12,13)14)3-7-2-1-6-4-7;;;;;/h1-2,4,8H,3H2,(H2,9,10,11)(H2,12,13,14);;;1H2;;. The van der Waals surface area contributed by atoms with E-state index in [0.29, 0.717) is 0 Å². The summed E-state index contributed by atoms with van der Waals surface area (Å²) in [4.78, 5) is 38.7. The van der Waals surface area contributed by atoms with E-state index >= 15 is 0 Å². The molecule has 0 amide bonds. The van der Waals surface area contributed by atoms with Crippen LogP contribution in [0.25, 0.3) is 0 Å². The van der Waals surface area contributed by atoms with Gasteiger partial charge < -0.3 is 34.7 Å². The molecule has 0 radical (unpaired) electrons. The predicted molar refractivity (Wildman–Crippen MR) is 69.2 cm³/mol. The van der Waals surface area contributed by atoms with Gasteiger partial charge in [-0.25, -0.2) is 4.98 Å². The Morgan fingerprint density at radius 3 is 1.79 bits per heavy atom. The minimum atomic E-state index is -5.41. The molecule has 1 heterocycles. The molecule has 0 spiro atoms. The third-order valence-electron chi connectivity index (χ3n) is 1.89. The molecule has 0 atom stereocenters. The third-order valence-corrected chi connectivity index (χ3v) is 5.60. The summed E-state index contributed by atoms with van der Waals surface area (Å²) in [5.74, 6) is 0. The SMILES string of the molecule is O.O=P(O)(O)C(O)(Cn1ccnc1)P(=O)(O)O.[NaH].[NaH]. The van der Waals surface area contributed by atoms with Crippen LogP contribution in [-0.2, 0) is 15.7 Å². The van der Waals surface area contributed by atoms with Gasteiger partial charge in [-0.05, 0) is 0 Å². The van der Waals surface area contributed by atoms with E-state index in [1.807, 2.05) is 0 Å². The Hall–Kier alpha value is 1.43. The van der Waals surface area contributed by atoms with Crippen LogP contribution in [-0.4, -0.2) is 104 Å². The summed E-state index contributed by atoms with van der Waals surface area (Å²) >= 11 is 0. The second-order valence-corrected chi connectivity index (χ2v) is 7.11. The molecule has 10 nitrogen and oxygen atoms in total. The van der Waals surface area contributed by atoms with Crippen LogP contribution in [0.15, 0.2) is 18.7 Å². The molecular formula is C5H14N2Na2O8P2. The van der Waals surface area contributed by atoms with Crippen LogP contribution in [0, 0.1) is 0 Å². The minimum absolute atomic E-state index is 0. The van der Waals surface area contributed by atoms with Gasteiger partial charge in [-0.3, -0.25) is 9.13 Å². The van der Waals surface area contributed by atoms with Gasteiger partial charge in [-0.15, -0.1) is 0 Å². The van der Waals surface area contributed by atoms with E-state index in [2.05, 4.69) is 4.98 Å². The van der Waals surface area contributed by atoms with Crippen molar-refractivity contribution in [2.75, 3.05) is 0 Å². The van der Waals surface area contributed by atoms with E-state index in [4.69, 9.17) is 19.6 Å². The molecule has 0 aliphatic heterocycles. The first-order valence-corrected chi connectivity index (χ1v) is 7.10. The van der Waals surface area contributed by atoms with E-state index in [9.17, 15) is 14.2 Å². The van der Waals surface area contributed by atoms with Crippen LogP contribution in [0.1, 0.15) is 0 Å². The number of imidazole rings is 1. The molecule has 19 heavy (non-hydrogen) atoms. The van der Waals surface area contributed by atoms with Gasteiger partial charge in [0.25, 0.3) is 5.08 Å². The van der Waals surface area contributed by atoms with Gasteiger partial charge >= 0.3 is 74.3 Å². The normalized spacial score (nSPS) is 11.8. The zero-order valence-corrected chi connectivity index (χ0v) is 10.1. The summed E-state index contributed by atoms with van der Waals surface area (Å²) in [5.41, 5.74) is 0. The fourth-order valence-electron chi connectivity index (χ4n) is 0.979. The number of aromatic nitrogens is 2. The van der Waals surface area contributed by atoms with E-state index in [0.717, 1.165) is 10.9 Å². The second kappa shape index (κ2) is 8.77. The number of aliphatic hydroxyl groups is 1. The predicted octanol–water partition coefficient (Wildman–Crippen LogP) is -3.24. The van der Waals surface area contributed by atoms with Crippen molar-refractivity contribution in [3.05, 3.63) is 18.7 Å². The van der Waals surface area contributed by atoms with E-state index in [1.165, 1.54) is 12.4 Å². The molecule has 14 heteroatoms. The Morgan fingerprint density at radius 2 is 1.53 bits per heavy atom. The average molecular weight is 338 g/mol. The Morgan fingerprint density at radius 1 is 1.11 bits per heavy atom. The zero-order chi connectivity index (χ0) is 12.6. The number of hydrogen-bond donors (Lipinski definition) is 5. The molecule has 0 saturated carbocycles. The summed E-state index contributed by atoms with van der Waals surface area (Å²) in [6.45, 7) is -0.957. The van der Waals surface area contributed by atoms with E-state index < -0.39 is 26.8 Å². The van der Waals surface area contributed by atoms with Gasteiger partial charge in [0, 0.05) is 12.4 Å². The zero-order valence-electron chi connectivity index (χ0n) is 8.28. The quantitative estimate of drug-likeness (QED) is 0.280. The van der Waals surface area contributed by atoms with Crippen LogP contribution in [0.2, 0.25) is 0 Å². The maximum absolute atomic E-state index is 10.9. The van der Waals surface area contributed by atoms with Crippen LogP contribution in [0.5, 0.6) is 0 Å². The molecule has 1 aromatic rings. The molecule has 0 aliphatic rings. The Kier molecular flexibility index (Phi) is 11.7. The van der Waals surface area contributed by atoms with Crippen molar-refractivity contribution in [2.24, 2.45) is 0 Å². The number of hydrogen-bond acceptors (Lipinski definition) is 4. The van der Waals surface area contributed by atoms with Crippen molar-refractivity contribution < 1.29 is 39.3 Å². The maximum atomic E-state index is 10.9. The van der Waals surface area contributed by atoms with Gasteiger partial charge in [-0.2, -0.15) is 0 Å². The van der Waals surface area contributed by atoms with Crippen molar-refractivity contribution in [2.45, 2.75) is 11.6 Å². The molecule has 104 valence electrons.